The Balaban J connectivity index is 2.71. The quantitative estimate of drug-likeness (QED) is 0.589. The molecular weight excluding hydrogens is 248 g/mol. The average Bonchev–Trinajstić information content (AvgIpc) is 2.39. The van der Waals surface area contributed by atoms with E-state index in [1.807, 2.05) is 0 Å². The zero-order valence-corrected chi connectivity index (χ0v) is 10.7. The molecule has 104 valence electrons. The third kappa shape index (κ3) is 4.59. The molecule has 1 unspecified atom stereocenters. The molecule has 0 saturated heterocycles. The number of hydrogen-bond donors (Lipinski definition) is 4. The molecule has 5 N–H and O–H groups in total. The summed E-state index contributed by atoms with van der Waals surface area (Å²) in [4.78, 5) is 22.7. The second-order valence-corrected chi connectivity index (χ2v) is 4.28. The normalized spacial score (nSPS) is 13.6. The van der Waals surface area contributed by atoms with Crippen molar-refractivity contribution < 1.29 is 19.8 Å². The Bertz CT molecular complexity index is 444. The number of carbonyl (C=O) groups is 2. The lowest BCUT2D eigenvalue weighted by Gasteiger charge is -2.17. The predicted octanol–water partition coefficient (Wildman–Crippen LogP) is 0.241. The summed E-state index contributed by atoms with van der Waals surface area (Å²) in [6, 6.07) is 4.41. The van der Waals surface area contributed by atoms with Crippen molar-refractivity contribution in [3.8, 4) is 5.75 Å². The highest BCUT2D eigenvalue weighted by Crippen LogP contribution is 2.11. The number of rotatable bonds is 6. The monoisotopic (exact) mass is 266 g/mol. The Kier molecular flexibility index (Phi) is 5.32. The summed E-state index contributed by atoms with van der Waals surface area (Å²) in [7, 11) is 0. The number of carboxylic acids is 1. The van der Waals surface area contributed by atoms with E-state index in [1.54, 1.807) is 19.1 Å². The third-order valence-corrected chi connectivity index (χ3v) is 2.77. The zero-order valence-electron chi connectivity index (χ0n) is 10.7. The number of hydrogen-bond acceptors (Lipinski definition) is 4. The molecule has 0 aliphatic rings. The predicted molar refractivity (Wildman–Crippen MR) is 69.6 cm³/mol. The summed E-state index contributed by atoms with van der Waals surface area (Å²) in [6.45, 7) is 1.75. The van der Waals surface area contributed by atoms with E-state index in [-0.39, 0.29) is 12.2 Å². The molecule has 0 fully saturated rings. The van der Waals surface area contributed by atoms with Gasteiger partial charge in [-0.2, -0.15) is 0 Å². The van der Waals surface area contributed by atoms with Crippen molar-refractivity contribution in [1.29, 1.82) is 0 Å². The largest absolute Gasteiger partial charge is 0.508 e. The molecule has 0 saturated carbocycles. The molecule has 2 atom stereocenters. The van der Waals surface area contributed by atoms with Crippen molar-refractivity contribution >= 4 is 11.9 Å². The molecule has 1 rings (SSSR count). The van der Waals surface area contributed by atoms with Crippen LogP contribution in [0.5, 0.6) is 5.75 Å². The number of benzene rings is 1. The van der Waals surface area contributed by atoms with Crippen molar-refractivity contribution in [2.24, 2.45) is 5.73 Å². The van der Waals surface area contributed by atoms with Crippen LogP contribution in [0.25, 0.3) is 0 Å². The first-order valence-corrected chi connectivity index (χ1v) is 6.00. The maximum atomic E-state index is 11.6. The first kappa shape index (κ1) is 15.0. The Hall–Kier alpha value is -2.08. The van der Waals surface area contributed by atoms with Gasteiger partial charge in [0, 0.05) is 6.42 Å². The number of phenolic OH excluding ortho intramolecular Hbond substituents is 1. The van der Waals surface area contributed by atoms with Gasteiger partial charge in [-0.25, -0.2) is 4.79 Å². The molecular formula is C13H18N2O4. The van der Waals surface area contributed by atoms with Gasteiger partial charge in [0.15, 0.2) is 0 Å². The molecule has 6 heteroatoms. The van der Waals surface area contributed by atoms with E-state index >= 15 is 0 Å². The molecule has 19 heavy (non-hydrogen) atoms. The molecule has 0 aromatic heterocycles. The van der Waals surface area contributed by atoms with Crippen molar-refractivity contribution in [3.05, 3.63) is 29.8 Å². The van der Waals surface area contributed by atoms with Gasteiger partial charge in [0.2, 0.25) is 5.91 Å². The van der Waals surface area contributed by atoms with Crippen LogP contribution in [0.1, 0.15) is 18.9 Å². The van der Waals surface area contributed by atoms with E-state index in [9.17, 15) is 9.59 Å². The Morgan fingerprint density at radius 3 is 2.37 bits per heavy atom. The Morgan fingerprint density at radius 2 is 1.89 bits per heavy atom. The summed E-state index contributed by atoms with van der Waals surface area (Å²) >= 11 is 0. The van der Waals surface area contributed by atoms with Crippen LogP contribution in [0.3, 0.4) is 0 Å². The van der Waals surface area contributed by atoms with E-state index < -0.39 is 24.0 Å². The van der Waals surface area contributed by atoms with Gasteiger partial charge in [0.05, 0.1) is 6.04 Å². The maximum Gasteiger partial charge on any atom is 0.326 e. The van der Waals surface area contributed by atoms with E-state index in [4.69, 9.17) is 15.9 Å². The molecule has 1 amide bonds. The van der Waals surface area contributed by atoms with Crippen LogP contribution in [-0.4, -0.2) is 34.2 Å². The summed E-state index contributed by atoms with van der Waals surface area (Å²) < 4.78 is 0. The van der Waals surface area contributed by atoms with Gasteiger partial charge in [-0.3, -0.25) is 4.79 Å². The summed E-state index contributed by atoms with van der Waals surface area (Å²) in [6.07, 6.45) is 0.579. The molecule has 0 aliphatic heterocycles. The smallest absolute Gasteiger partial charge is 0.326 e. The Labute approximate surface area is 111 Å². The van der Waals surface area contributed by atoms with Gasteiger partial charge >= 0.3 is 5.97 Å². The molecule has 0 heterocycles. The first-order chi connectivity index (χ1) is 8.93. The van der Waals surface area contributed by atoms with Gasteiger partial charge in [-0.15, -0.1) is 0 Å². The second kappa shape index (κ2) is 6.75. The highest BCUT2D eigenvalue weighted by molar-refractivity contribution is 5.86. The van der Waals surface area contributed by atoms with Crippen molar-refractivity contribution in [3.63, 3.8) is 0 Å². The Morgan fingerprint density at radius 1 is 1.32 bits per heavy atom. The minimum atomic E-state index is -1.12. The molecule has 0 radical (unpaired) electrons. The number of aliphatic carboxylic acids is 1. The minimum Gasteiger partial charge on any atom is -0.508 e. The number of nitrogens with two attached hydrogens (primary N) is 1. The van der Waals surface area contributed by atoms with Gasteiger partial charge < -0.3 is 21.3 Å². The second-order valence-electron chi connectivity index (χ2n) is 4.28. The van der Waals surface area contributed by atoms with Crippen LogP contribution in [-0.2, 0) is 16.0 Å². The molecule has 0 spiro atoms. The summed E-state index contributed by atoms with van der Waals surface area (Å²) in [5, 5.41) is 20.6. The van der Waals surface area contributed by atoms with E-state index in [0.29, 0.717) is 12.0 Å². The highest BCUT2D eigenvalue weighted by atomic mass is 16.4. The van der Waals surface area contributed by atoms with Crippen LogP contribution in [0.4, 0.5) is 0 Å². The number of aromatic hydroxyl groups is 1. The summed E-state index contributed by atoms with van der Waals surface area (Å²) in [5.41, 5.74) is 6.24. The van der Waals surface area contributed by atoms with Crippen LogP contribution in [0.2, 0.25) is 0 Å². The standard InChI is InChI=1S/C13H18N2O4/c1-2-10(14)12(17)15-11(13(18)19)7-8-3-5-9(16)6-4-8/h3-6,10-11,16H,2,7,14H2,1H3,(H,15,17)(H,18,19)/t10?,11-/m0/s1. The fourth-order valence-electron chi connectivity index (χ4n) is 1.53. The SMILES string of the molecule is CCC(N)C(=O)N[C@@H](Cc1ccc(O)cc1)C(=O)O. The maximum absolute atomic E-state index is 11.6. The van der Waals surface area contributed by atoms with Crippen LogP contribution in [0, 0.1) is 0 Å². The minimum absolute atomic E-state index is 0.104. The van der Waals surface area contributed by atoms with Gasteiger partial charge in [-0.05, 0) is 24.1 Å². The molecule has 0 bridgehead atoms. The van der Waals surface area contributed by atoms with Crippen LogP contribution >= 0.6 is 0 Å². The van der Waals surface area contributed by atoms with Gasteiger partial charge in [0.25, 0.3) is 0 Å². The van der Waals surface area contributed by atoms with E-state index in [0.717, 1.165) is 0 Å². The number of phenols is 1. The van der Waals surface area contributed by atoms with Crippen molar-refractivity contribution in [2.45, 2.75) is 31.8 Å². The lowest BCUT2D eigenvalue weighted by Crippen LogP contribution is -2.49. The molecule has 0 aliphatic carbocycles. The fourth-order valence-corrected chi connectivity index (χ4v) is 1.53. The number of carbonyl (C=O) groups excluding carboxylic acids is 1. The molecule has 1 aromatic carbocycles. The molecule has 6 nitrogen and oxygen atoms in total. The number of amides is 1. The van der Waals surface area contributed by atoms with Crippen molar-refractivity contribution in [1.82, 2.24) is 5.32 Å². The average molecular weight is 266 g/mol. The molecule has 1 aromatic rings. The number of nitrogens with one attached hydrogen (secondary N) is 1. The highest BCUT2D eigenvalue weighted by Gasteiger charge is 2.22. The number of carboxylic acid groups (broad SMARTS) is 1. The zero-order chi connectivity index (χ0) is 14.4. The lowest BCUT2D eigenvalue weighted by atomic mass is 10.1. The van der Waals surface area contributed by atoms with E-state index in [2.05, 4.69) is 5.32 Å². The lowest BCUT2D eigenvalue weighted by molar-refractivity contribution is -0.142. The third-order valence-electron chi connectivity index (χ3n) is 2.77. The topological polar surface area (TPSA) is 113 Å². The first-order valence-electron chi connectivity index (χ1n) is 6.00. The van der Waals surface area contributed by atoms with Gasteiger partial charge in [0.1, 0.15) is 11.8 Å². The fraction of sp³-hybridized carbons (Fsp3) is 0.385. The van der Waals surface area contributed by atoms with E-state index in [1.165, 1.54) is 12.1 Å². The van der Waals surface area contributed by atoms with Crippen molar-refractivity contribution in [2.75, 3.05) is 0 Å². The van der Waals surface area contributed by atoms with Gasteiger partial charge in [-0.1, -0.05) is 19.1 Å². The van der Waals surface area contributed by atoms with Crippen LogP contribution < -0.4 is 11.1 Å². The van der Waals surface area contributed by atoms with Crippen LogP contribution in [0.15, 0.2) is 24.3 Å². The summed E-state index contributed by atoms with van der Waals surface area (Å²) in [5.74, 6) is -1.49.